The Morgan fingerprint density at radius 3 is 2.62 bits per heavy atom. The molecule has 13 heavy (non-hydrogen) atoms. The molecule has 0 aliphatic heterocycles. The van der Waals surface area contributed by atoms with Gasteiger partial charge in [0.25, 0.3) is 0 Å². The van der Waals surface area contributed by atoms with Crippen LogP contribution in [0, 0.1) is 6.92 Å². The minimum atomic E-state index is -0.152. The molecular weight excluding hydrogens is 192 g/mol. The van der Waals surface area contributed by atoms with E-state index in [2.05, 4.69) is 0 Å². The van der Waals surface area contributed by atoms with Gasteiger partial charge >= 0.3 is 0 Å². The smallest absolute Gasteiger partial charge is 0.154 e. The Morgan fingerprint density at radius 2 is 2.15 bits per heavy atom. The summed E-state index contributed by atoms with van der Waals surface area (Å²) in [6.07, 6.45) is 0.500. The van der Waals surface area contributed by atoms with Crippen LogP contribution in [0.5, 0.6) is 11.5 Å². The first-order chi connectivity index (χ1) is 6.11. The number of halogens is 1. The summed E-state index contributed by atoms with van der Waals surface area (Å²) in [5, 5.41) is 18.8. The lowest BCUT2D eigenvalue weighted by molar-refractivity contribution is 0.112. The first-order valence-electron chi connectivity index (χ1n) is 3.67. The summed E-state index contributed by atoms with van der Waals surface area (Å²) in [4.78, 5) is 10.6. The average Bonchev–Trinajstić information content (AvgIpc) is 2.12. The molecule has 3 nitrogen and oxygen atoms in total. The maximum atomic E-state index is 10.6. The number of carbonyl (C=O) groups excluding carboxylic acids is 1. The molecule has 0 aromatic heterocycles. The number of hydrogen-bond donors (Lipinski definition) is 2. The summed E-state index contributed by atoms with van der Waals surface area (Å²) in [7, 11) is 0. The van der Waals surface area contributed by atoms with Crippen molar-refractivity contribution in [2.75, 3.05) is 0 Å². The number of aromatic hydroxyl groups is 2. The Hall–Kier alpha value is -1.22. The Kier molecular flexibility index (Phi) is 2.78. The topological polar surface area (TPSA) is 57.5 Å². The van der Waals surface area contributed by atoms with Gasteiger partial charge in [-0.15, -0.1) is 11.6 Å². The minimum absolute atomic E-state index is 0.0319. The third-order valence-electron chi connectivity index (χ3n) is 1.92. The van der Waals surface area contributed by atoms with E-state index in [9.17, 15) is 15.0 Å². The van der Waals surface area contributed by atoms with E-state index in [0.717, 1.165) is 0 Å². The van der Waals surface area contributed by atoms with Gasteiger partial charge in [0.15, 0.2) is 6.29 Å². The second-order valence-corrected chi connectivity index (χ2v) is 2.96. The van der Waals surface area contributed by atoms with E-state index in [1.807, 2.05) is 0 Å². The molecule has 0 amide bonds. The highest BCUT2D eigenvalue weighted by molar-refractivity contribution is 6.17. The van der Waals surface area contributed by atoms with E-state index in [1.165, 1.54) is 6.07 Å². The second-order valence-electron chi connectivity index (χ2n) is 2.69. The maximum Gasteiger partial charge on any atom is 0.154 e. The third-order valence-corrected chi connectivity index (χ3v) is 2.21. The highest BCUT2D eigenvalue weighted by Crippen LogP contribution is 2.31. The largest absolute Gasteiger partial charge is 0.508 e. The molecule has 0 heterocycles. The van der Waals surface area contributed by atoms with Gasteiger partial charge in [-0.25, -0.2) is 0 Å². The molecule has 0 spiro atoms. The summed E-state index contributed by atoms with van der Waals surface area (Å²) in [5.74, 6) is -0.128. The lowest BCUT2D eigenvalue weighted by atomic mass is 10.0. The van der Waals surface area contributed by atoms with Crippen molar-refractivity contribution in [2.45, 2.75) is 12.8 Å². The fraction of sp³-hybridized carbons (Fsp3) is 0.222. The zero-order chi connectivity index (χ0) is 10.0. The molecule has 1 aromatic rings. The molecule has 1 aromatic carbocycles. The molecule has 0 unspecified atom stereocenters. The Labute approximate surface area is 80.6 Å². The monoisotopic (exact) mass is 200 g/mol. The number of phenols is 2. The van der Waals surface area contributed by atoms with Gasteiger partial charge in [0.1, 0.15) is 11.5 Å². The minimum Gasteiger partial charge on any atom is -0.508 e. The fourth-order valence-electron chi connectivity index (χ4n) is 1.08. The van der Waals surface area contributed by atoms with E-state index in [-0.39, 0.29) is 22.9 Å². The predicted molar refractivity (Wildman–Crippen MR) is 49.5 cm³/mol. The Bertz CT molecular complexity index is 347. The molecule has 2 N–H and O–H groups in total. The number of aldehydes is 1. The average molecular weight is 201 g/mol. The van der Waals surface area contributed by atoms with Gasteiger partial charge in [-0.1, -0.05) is 0 Å². The zero-order valence-corrected chi connectivity index (χ0v) is 7.80. The van der Waals surface area contributed by atoms with E-state index in [1.54, 1.807) is 6.92 Å². The van der Waals surface area contributed by atoms with Crippen molar-refractivity contribution in [3.05, 3.63) is 22.8 Å². The summed E-state index contributed by atoms with van der Waals surface area (Å²) in [6.45, 7) is 1.55. The van der Waals surface area contributed by atoms with Crippen LogP contribution >= 0.6 is 11.6 Å². The molecule has 1 rings (SSSR count). The van der Waals surface area contributed by atoms with Gasteiger partial charge in [-0.3, -0.25) is 4.79 Å². The molecule has 0 radical (unpaired) electrons. The molecular formula is C9H9ClO3. The molecule has 0 saturated heterocycles. The van der Waals surface area contributed by atoms with Crippen LogP contribution < -0.4 is 0 Å². The van der Waals surface area contributed by atoms with Crippen LogP contribution in [0.15, 0.2) is 6.07 Å². The highest BCUT2D eigenvalue weighted by atomic mass is 35.5. The third kappa shape index (κ3) is 1.60. The van der Waals surface area contributed by atoms with Crippen LogP contribution in [0.25, 0.3) is 0 Å². The summed E-state index contributed by atoms with van der Waals surface area (Å²) in [6, 6.07) is 1.35. The summed E-state index contributed by atoms with van der Waals surface area (Å²) in [5.41, 5.74) is 0.809. The molecule has 0 bridgehead atoms. The number of benzene rings is 1. The van der Waals surface area contributed by atoms with Crippen molar-refractivity contribution < 1.29 is 15.0 Å². The highest BCUT2D eigenvalue weighted by Gasteiger charge is 2.12. The van der Waals surface area contributed by atoms with Crippen LogP contribution in [0.3, 0.4) is 0 Å². The van der Waals surface area contributed by atoms with Crippen molar-refractivity contribution in [1.82, 2.24) is 0 Å². The van der Waals surface area contributed by atoms with E-state index >= 15 is 0 Å². The maximum absolute atomic E-state index is 10.6. The molecule has 0 fully saturated rings. The number of carbonyl (C=O) groups is 1. The van der Waals surface area contributed by atoms with Crippen molar-refractivity contribution in [3.63, 3.8) is 0 Å². The van der Waals surface area contributed by atoms with Gasteiger partial charge in [0.2, 0.25) is 0 Å². The second kappa shape index (κ2) is 3.66. The van der Waals surface area contributed by atoms with Crippen LogP contribution in [-0.4, -0.2) is 16.5 Å². The van der Waals surface area contributed by atoms with Crippen molar-refractivity contribution in [3.8, 4) is 11.5 Å². The SMILES string of the molecule is Cc1c(O)cc(CCl)c(O)c1C=O. The molecule has 70 valence electrons. The zero-order valence-electron chi connectivity index (χ0n) is 7.04. The number of phenolic OH excluding ortho intramolecular Hbond substituents is 2. The first-order valence-corrected chi connectivity index (χ1v) is 4.20. The quantitative estimate of drug-likeness (QED) is 0.436. The molecule has 0 saturated carbocycles. The molecule has 0 aliphatic rings. The lowest BCUT2D eigenvalue weighted by Gasteiger charge is -2.08. The van der Waals surface area contributed by atoms with E-state index in [4.69, 9.17) is 11.6 Å². The van der Waals surface area contributed by atoms with Crippen molar-refractivity contribution >= 4 is 17.9 Å². The standard InChI is InChI=1S/C9H9ClO3/c1-5-7(4-11)9(13)6(3-10)2-8(5)12/h2,4,12-13H,3H2,1H3. The van der Waals surface area contributed by atoms with E-state index < -0.39 is 0 Å². The lowest BCUT2D eigenvalue weighted by Crippen LogP contribution is -1.92. The van der Waals surface area contributed by atoms with Crippen molar-refractivity contribution in [2.24, 2.45) is 0 Å². The Balaban J connectivity index is 3.47. The predicted octanol–water partition coefficient (Wildman–Crippen LogP) is 1.96. The molecule has 0 atom stereocenters. The van der Waals surface area contributed by atoms with Crippen LogP contribution in [0.2, 0.25) is 0 Å². The summed E-state index contributed by atoms with van der Waals surface area (Å²) < 4.78 is 0. The van der Waals surface area contributed by atoms with E-state index in [0.29, 0.717) is 17.4 Å². The van der Waals surface area contributed by atoms with Crippen molar-refractivity contribution in [1.29, 1.82) is 0 Å². The summed E-state index contributed by atoms with van der Waals surface area (Å²) >= 11 is 5.50. The van der Waals surface area contributed by atoms with Crippen LogP contribution in [-0.2, 0) is 5.88 Å². The molecule has 0 aliphatic carbocycles. The van der Waals surface area contributed by atoms with Crippen LogP contribution in [0.1, 0.15) is 21.5 Å². The molecule has 4 heteroatoms. The van der Waals surface area contributed by atoms with Gasteiger partial charge in [0.05, 0.1) is 11.4 Å². The Morgan fingerprint density at radius 1 is 1.54 bits per heavy atom. The van der Waals surface area contributed by atoms with Gasteiger partial charge in [-0.2, -0.15) is 0 Å². The van der Waals surface area contributed by atoms with Crippen LogP contribution in [0.4, 0.5) is 0 Å². The number of rotatable bonds is 2. The first kappa shape index (κ1) is 9.86. The van der Waals surface area contributed by atoms with Gasteiger partial charge in [-0.05, 0) is 13.0 Å². The fourth-order valence-corrected chi connectivity index (χ4v) is 1.28. The number of hydrogen-bond acceptors (Lipinski definition) is 3. The normalized spacial score (nSPS) is 10.0. The number of alkyl halides is 1. The van der Waals surface area contributed by atoms with Gasteiger partial charge < -0.3 is 10.2 Å². The van der Waals surface area contributed by atoms with Gasteiger partial charge in [0, 0.05) is 11.1 Å².